The first-order chi connectivity index (χ1) is 17.2. The van der Waals surface area contributed by atoms with Crippen LogP contribution in [0, 0.1) is 18.6 Å². The SMILES string of the molecule is CC1=C(C(=O)Nc2ccc3cnccc3c2)C(c2ccc(C)c(F)c2F)n2nc(CN(C)C)cc2N1. The maximum absolute atomic E-state index is 15.3. The number of allylic oxidation sites excluding steroid dienone is 1. The lowest BCUT2D eigenvalue weighted by Crippen LogP contribution is -2.32. The molecule has 0 radical (unpaired) electrons. The highest BCUT2D eigenvalue weighted by Gasteiger charge is 2.36. The molecule has 1 aliphatic rings. The lowest BCUT2D eigenvalue weighted by molar-refractivity contribution is -0.113. The summed E-state index contributed by atoms with van der Waals surface area (Å²) in [6, 6.07) is 11.3. The number of hydrogen-bond acceptors (Lipinski definition) is 5. The Morgan fingerprint density at radius 2 is 1.89 bits per heavy atom. The van der Waals surface area contributed by atoms with E-state index in [9.17, 15) is 9.18 Å². The van der Waals surface area contributed by atoms with Crippen molar-refractivity contribution < 1.29 is 13.6 Å². The fourth-order valence-corrected chi connectivity index (χ4v) is 4.54. The second-order valence-corrected chi connectivity index (χ2v) is 9.26. The number of aryl methyl sites for hydroxylation is 1. The molecular formula is C27H26F2N6O. The molecule has 0 saturated carbocycles. The Morgan fingerprint density at radius 3 is 2.67 bits per heavy atom. The number of nitrogens with one attached hydrogen (secondary N) is 2. The Bertz CT molecular complexity index is 1520. The lowest BCUT2D eigenvalue weighted by atomic mass is 9.93. The number of carbonyl (C=O) groups excluding carboxylic acids is 1. The van der Waals surface area contributed by atoms with Gasteiger partial charge in [0.2, 0.25) is 0 Å². The topological polar surface area (TPSA) is 75.1 Å². The van der Waals surface area contributed by atoms with Crippen molar-refractivity contribution in [3.63, 3.8) is 0 Å². The van der Waals surface area contributed by atoms with Gasteiger partial charge in [0.15, 0.2) is 11.6 Å². The standard InChI is InChI=1S/C27H26F2N6O/c1-15-5-8-21(25(29)24(15)28)26-23(16(2)31-22-12-20(14-34(3)4)33-35(22)26)27(36)32-19-7-6-18-13-30-10-9-17(18)11-19/h5-13,26,31H,14H2,1-4H3,(H,32,36). The third-order valence-corrected chi connectivity index (χ3v) is 6.25. The van der Waals surface area contributed by atoms with Crippen molar-refractivity contribution in [3.8, 4) is 0 Å². The van der Waals surface area contributed by atoms with Crippen molar-refractivity contribution in [2.45, 2.75) is 26.4 Å². The van der Waals surface area contributed by atoms with Gasteiger partial charge < -0.3 is 15.5 Å². The average molecular weight is 489 g/mol. The van der Waals surface area contributed by atoms with Crippen LogP contribution in [0.2, 0.25) is 0 Å². The predicted molar refractivity (Wildman–Crippen MR) is 136 cm³/mol. The number of rotatable bonds is 5. The first kappa shape index (κ1) is 23.6. The van der Waals surface area contributed by atoms with Gasteiger partial charge in [-0.3, -0.25) is 9.78 Å². The van der Waals surface area contributed by atoms with E-state index in [0.29, 0.717) is 23.7 Å². The summed E-state index contributed by atoms with van der Waals surface area (Å²) in [5, 5.41) is 12.7. The Kier molecular flexibility index (Phi) is 6.01. The molecule has 1 atom stereocenters. The maximum atomic E-state index is 15.3. The summed E-state index contributed by atoms with van der Waals surface area (Å²) in [5.41, 5.74) is 2.32. The van der Waals surface area contributed by atoms with Crippen molar-refractivity contribution in [1.82, 2.24) is 19.7 Å². The minimum Gasteiger partial charge on any atom is -0.344 e. The molecule has 0 aliphatic carbocycles. The highest BCUT2D eigenvalue weighted by atomic mass is 19.2. The molecule has 2 N–H and O–H groups in total. The van der Waals surface area contributed by atoms with Crippen LogP contribution in [0.15, 0.2) is 66.1 Å². The van der Waals surface area contributed by atoms with E-state index in [2.05, 4.69) is 20.7 Å². The number of aromatic nitrogens is 3. The quantitative estimate of drug-likeness (QED) is 0.413. The van der Waals surface area contributed by atoms with Crippen molar-refractivity contribution >= 4 is 28.2 Å². The van der Waals surface area contributed by atoms with Crippen LogP contribution in [0.3, 0.4) is 0 Å². The first-order valence-electron chi connectivity index (χ1n) is 11.5. The Balaban J connectivity index is 1.60. The van der Waals surface area contributed by atoms with Crippen molar-refractivity contribution in [2.24, 2.45) is 0 Å². The van der Waals surface area contributed by atoms with E-state index in [1.165, 1.54) is 19.1 Å². The number of nitrogens with zero attached hydrogens (tertiary/aromatic N) is 4. The van der Waals surface area contributed by atoms with E-state index in [4.69, 9.17) is 0 Å². The molecule has 2 aromatic carbocycles. The van der Waals surface area contributed by atoms with Gasteiger partial charge in [-0.2, -0.15) is 5.10 Å². The molecule has 7 nitrogen and oxygen atoms in total. The molecule has 36 heavy (non-hydrogen) atoms. The predicted octanol–water partition coefficient (Wildman–Crippen LogP) is 5.01. The van der Waals surface area contributed by atoms with Crippen LogP contribution in [-0.2, 0) is 11.3 Å². The molecule has 2 aromatic heterocycles. The zero-order valence-corrected chi connectivity index (χ0v) is 20.4. The zero-order chi connectivity index (χ0) is 25.6. The Hall–Kier alpha value is -4.11. The van der Waals surface area contributed by atoms with E-state index < -0.39 is 23.6 Å². The zero-order valence-electron chi connectivity index (χ0n) is 20.4. The van der Waals surface area contributed by atoms with Crippen LogP contribution in [0.1, 0.15) is 29.8 Å². The van der Waals surface area contributed by atoms with E-state index in [1.54, 1.807) is 30.1 Å². The van der Waals surface area contributed by atoms with Gasteiger partial charge in [-0.05, 0) is 57.1 Å². The molecule has 1 aliphatic heterocycles. The van der Waals surface area contributed by atoms with Gasteiger partial charge in [0.1, 0.15) is 11.9 Å². The normalized spacial score (nSPS) is 15.2. The minimum atomic E-state index is -0.992. The van der Waals surface area contributed by atoms with E-state index in [-0.39, 0.29) is 16.7 Å². The maximum Gasteiger partial charge on any atom is 0.255 e. The molecule has 0 saturated heterocycles. The smallest absolute Gasteiger partial charge is 0.255 e. The molecule has 0 spiro atoms. The summed E-state index contributed by atoms with van der Waals surface area (Å²) in [5.74, 6) is -1.76. The lowest BCUT2D eigenvalue weighted by Gasteiger charge is -2.30. The Labute approximate surface area is 207 Å². The number of hydrogen-bond donors (Lipinski definition) is 2. The molecule has 0 bridgehead atoms. The van der Waals surface area contributed by atoms with E-state index in [0.717, 1.165) is 16.5 Å². The van der Waals surface area contributed by atoms with Crippen LogP contribution in [0.25, 0.3) is 10.8 Å². The summed E-state index contributed by atoms with van der Waals surface area (Å²) < 4.78 is 31.5. The number of benzene rings is 2. The van der Waals surface area contributed by atoms with Crippen LogP contribution < -0.4 is 10.6 Å². The van der Waals surface area contributed by atoms with E-state index >= 15 is 4.39 Å². The van der Waals surface area contributed by atoms with Crippen LogP contribution in [-0.4, -0.2) is 39.7 Å². The van der Waals surface area contributed by atoms with E-state index in [1.807, 2.05) is 43.3 Å². The van der Waals surface area contributed by atoms with Gasteiger partial charge in [0.25, 0.3) is 5.91 Å². The van der Waals surface area contributed by atoms with Crippen LogP contribution in [0.4, 0.5) is 20.3 Å². The number of anilines is 2. The van der Waals surface area contributed by atoms with Crippen LogP contribution >= 0.6 is 0 Å². The third-order valence-electron chi connectivity index (χ3n) is 6.25. The largest absolute Gasteiger partial charge is 0.344 e. The minimum absolute atomic E-state index is 0.0365. The van der Waals surface area contributed by atoms with Gasteiger partial charge in [-0.1, -0.05) is 18.2 Å². The molecule has 0 fully saturated rings. The summed E-state index contributed by atoms with van der Waals surface area (Å²) in [6.45, 7) is 3.80. The number of pyridine rings is 1. The summed E-state index contributed by atoms with van der Waals surface area (Å²) in [6.07, 6.45) is 3.43. The van der Waals surface area contributed by atoms with Crippen LogP contribution in [0.5, 0.6) is 0 Å². The molecule has 5 rings (SSSR count). The molecule has 9 heteroatoms. The van der Waals surface area contributed by atoms with Crippen molar-refractivity contribution in [3.05, 3.63) is 94.6 Å². The number of fused-ring (bicyclic) bond motifs is 2. The summed E-state index contributed by atoms with van der Waals surface area (Å²) in [4.78, 5) is 19.7. The van der Waals surface area contributed by atoms with Gasteiger partial charge in [0.05, 0.1) is 11.3 Å². The third kappa shape index (κ3) is 4.22. The van der Waals surface area contributed by atoms with Gasteiger partial charge in [-0.15, -0.1) is 0 Å². The first-order valence-corrected chi connectivity index (χ1v) is 11.5. The second-order valence-electron chi connectivity index (χ2n) is 9.26. The molecular weight excluding hydrogens is 462 g/mol. The Morgan fingerprint density at radius 1 is 1.08 bits per heavy atom. The molecule has 3 heterocycles. The summed E-state index contributed by atoms with van der Waals surface area (Å²) >= 11 is 0. The second kappa shape index (κ2) is 9.16. The van der Waals surface area contributed by atoms with Crippen molar-refractivity contribution in [2.75, 3.05) is 24.7 Å². The molecule has 1 unspecified atom stereocenters. The van der Waals surface area contributed by atoms with Gasteiger partial charge in [-0.25, -0.2) is 13.5 Å². The highest BCUT2D eigenvalue weighted by Crippen LogP contribution is 2.38. The monoisotopic (exact) mass is 488 g/mol. The fourth-order valence-electron chi connectivity index (χ4n) is 4.54. The van der Waals surface area contributed by atoms with Crippen molar-refractivity contribution in [1.29, 1.82) is 0 Å². The molecule has 184 valence electrons. The van der Waals surface area contributed by atoms with Gasteiger partial charge >= 0.3 is 0 Å². The number of carbonyl (C=O) groups is 1. The number of halogens is 2. The number of amides is 1. The average Bonchev–Trinajstić information content (AvgIpc) is 3.23. The fraction of sp³-hybridized carbons (Fsp3) is 0.222. The highest BCUT2D eigenvalue weighted by molar-refractivity contribution is 6.06. The van der Waals surface area contributed by atoms with Gasteiger partial charge in [0, 0.05) is 47.3 Å². The molecule has 1 amide bonds. The summed E-state index contributed by atoms with van der Waals surface area (Å²) in [7, 11) is 3.83. The molecule has 4 aromatic rings.